The molecular formula is C28H26F3N5O2. The van der Waals surface area contributed by atoms with Crippen molar-refractivity contribution in [1.29, 1.82) is 0 Å². The highest BCUT2D eigenvalue weighted by Crippen LogP contribution is 2.38. The van der Waals surface area contributed by atoms with Gasteiger partial charge in [0.2, 0.25) is 0 Å². The number of hydrogen-bond acceptors (Lipinski definition) is 4. The zero-order valence-electron chi connectivity index (χ0n) is 20.9. The molecule has 0 bridgehead atoms. The lowest BCUT2D eigenvalue weighted by Gasteiger charge is -2.25. The number of hydrogen-bond donors (Lipinski definition) is 2. The quantitative estimate of drug-likeness (QED) is 0.338. The Hall–Kier alpha value is -4.21. The second-order valence-electron chi connectivity index (χ2n) is 9.68. The molecule has 0 spiro atoms. The molecule has 4 aromatic rings. The average molecular weight is 522 g/mol. The molecule has 1 aliphatic rings. The van der Waals surface area contributed by atoms with Crippen molar-refractivity contribution in [2.24, 2.45) is 5.73 Å². The Balaban J connectivity index is 1.51. The summed E-state index contributed by atoms with van der Waals surface area (Å²) >= 11 is 0. The van der Waals surface area contributed by atoms with Gasteiger partial charge in [0.05, 0.1) is 29.0 Å². The monoisotopic (exact) mass is 521 g/mol. The molecule has 2 heterocycles. The number of benzene rings is 2. The van der Waals surface area contributed by atoms with Gasteiger partial charge in [0.25, 0.3) is 11.8 Å². The molecule has 0 aliphatic heterocycles. The minimum absolute atomic E-state index is 0.00578. The van der Waals surface area contributed by atoms with Crippen molar-refractivity contribution in [2.45, 2.75) is 51.7 Å². The first-order valence-electron chi connectivity index (χ1n) is 12.3. The van der Waals surface area contributed by atoms with Gasteiger partial charge in [-0.15, -0.1) is 0 Å². The Labute approximate surface area is 216 Å². The van der Waals surface area contributed by atoms with E-state index in [1.54, 1.807) is 25.1 Å². The van der Waals surface area contributed by atoms with Gasteiger partial charge in [-0.25, -0.2) is 4.98 Å². The third kappa shape index (κ3) is 4.73. The van der Waals surface area contributed by atoms with Crippen LogP contribution >= 0.6 is 0 Å². The molecular weight excluding hydrogens is 495 g/mol. The average Bonchev–Trinajstić information content (AvgIpc) is 3.14. The molecule has 1 saturated carbocycles. The van der Waals surface area contributed by atoms with Gasteiger partial charge in [0, 0.05) is 5.39 Å². The van der Waals surface area contributed by atoms with E-state index in [1.807, 2.05) is 24.3 Å². The summed E-state index contributed by atoms with van der Waals surface area (Å²) in [5.74, 6) is -1.13. The van der Waals surface area contributed by atoms with Crippen LogP contribution in [-0.4, -0.2) is 26.6 Å². The van der Waals surface area contributed by atoms with Crippen LogP contribution in [0.25, 0.3) is 10.9 Å². The van der Waals surface area contributed by atoms with E-state index in [1.165, 1.54) is 29.7 Å². The number of anilines is 1. The van der Waals surface area contributed by atoms with Crippen LogP contribution in [0.1, 0.15) is 74.1 Å². The topological polar surface area (TPSA) is 103 Å². The fourth-order valence-electron chi connectivity index (χ4n) is 4.81. The molecule has 0 radical (unpaired) electrons. The zero-order valence-corrected chi connectivity index (χ0v) is 20.9. The number of rotatable bonds is 6. The summed E-state index contributed by atoms with van der Waals surface area (Å²) in [5.41, 5.74) is 6.77. The normalized spacial score (nSPS) is 13.9. The number of fused-ring (bicyclic) bond motifs is 1. The van der Waals surface area contributed by atoms with Crippen molar-refractivity contribution in [3.63, 3.8) is 0 Å². The lowest BCUT2D eigenvalue weighted by molar-refractivity contribution is -0.140. The number of nitrogens with two attached hydrogens (primary N) is 1. The van der Waals surface area contributed by atoms with E-state index in [-0.39, 0.29) is 23.5 Å². The van der Waals surface area contributed by atoms with Crippen molar-refractivity contribution in [1.82, 2.24) is 14.8 Å². The van der Waals surface area contributed by atoms with Gasteiger partial charge >= 0.3 is 6.18 Å². The van der Waals surface area contributed by atoms with Gasteiger partial charge in [0.1, 0.15) is 5.69 Å². The van der Waals surface area contributed by atoms with Gasteiger partial charge in [-0.1, -0.05) is 42.8 Å². The van der Waals surface area contributed by atoms with Crippen LogP contribution in [0, 0.1) is 13.8 Å². The van der Waals surface area contributed by atoms with E-state index in [2.05, 4.69) is 15.4 Å². The molecule has 2 aromatic carbocycles. The summed E-state index contributed by atoms with van der Waals surface area (Å²) in [6, 6.07) is 14.1. The second-order valence-corrected chi connectivity index (χ2v) is 9.68. The Morgan fingerprint density at radius 1 is 1.11 bits per heavy atom. The standard InChI is InChI=1S/C28H26F3N5O2/c1-15-5-3-8-21-23(15)20(13-22(33-21)26(32)37)27(38)34-24-16(2)36(35-25(24)28(29,30)31)14-17-9-11-19(12-10-17)18-6-4-7-18/h3,5,8-13,18H,4,6-7,14H2,1-2H3,(H2,32,37)(H,34,38). The van der Waals surface area contributed by atoms with E-state index >= 15 is 0 Å². The largest absolute Gasteiger partial charge is 0.437 e. The number of primary amides is 1. The van der Waals surface area contributed by atoms with Crippen molar-refractivity contribution >= 4 is 28.4 Å². The predicted molar refractivity (Wildman–Crippen MR) is 137 cm³/mol. The Kier molecular flexibility index (Phi) is 6.42. The van der Waals surface area contributed by atoms with Crippen LogP contribution in [-0.2, 0) is 12.7 Å². The maximum atomic E-state index is 14.0. The van der Waals surface area contributed by atoms with Crippen LogP contribution < -0.4 is 11.1 Å². The lowest BCUT2D eigenvalue weighted by Crippen LogP contribution is -2.19. The highest BCUT2D eigenvalue weighted by Gasteiger charge is 2.39. The van der Waals surface area contributed by atoms with Crippen molar-refractivity contribution in [2.75, 3.05) is 5.32 Å². The SMILES string of the molecule is Cc1cccc2nc(C(N)=O)cc(C(=O)Nc3c(C(F)(F)F)nn(Cc4ccc(C5CCC5)cc4)c3C)c12. The molecule has 196 valence electrons. The van der Waals surface area contributed by atoms with Crippen LogP contribution in [0.2, 0.25) is 0 Å². The highest BCUT2D eigenvalue weighted by atomic mass is 19.4. The maximum absolute atomic E-state index is 14.0. The fraction of sp³-hybridized carbons (Fsp3) is 0.286. The zero-order chi connectivity index (χ0) is 27.2. The van der Waals surface area contributed by atoms with E-state index in [0.717, 1.165) is 18.4 Å². The molecule has 1 aliphatic carbocycles. The van der Waals surface area contributed by atoms with E-state index in [9.17, 15) is 22.8 Å². The number of nitrogens with one attached hydrogen (secondary N) is 1. The first-order chi connectivity index (χ1) is 18.0. The number of aryl methyl sites for hydroxylation is 1. The third-order valence-corrected chi connectivity index (χ3v) is 7.14. The third-order valence-electron chi connectivity index (χ3n) is 7.14. The molecule has 7 nitrogen and oxygen atoms in total. The summed E-state index contributed by atoms with van der Waals surface area (Å²) in [4.78, 5) is 29.4. The second kappa shape index (κ2) is 9.59. The van der Waals surface area contributed by atoms with Gasteiger partial charge < -0.3 is 11.1 Å². The van der Waals surface area contributed by atoms with E-state index in [0.29, 0.717) is 22.4 Å². The van der Waals surface area contributed by atoms with Crippen LogP contribution in [0.4, 0.5) is 18.9 Å². The van der Waals surface area contributed by atoms with Crippen molar-refractivity contribution < 1.29 is 22.8 Å². The summed E-state index contributed by atoms with van der Waals surface area (Å²) in [5, 5.41) is 6.65. The summed E-state index contributed by atoms with van der Waals surface area (Å²) in [6.07, 6.45) is -1.28. The van der Waals surface area contributed by atoms with E-state index in [4.69, 9.17) is 5.73 Å². The Morgan fingerprint density at radius 3 is 2.42 bits per heavy atom. The number of nitrogens with zero attached hydrogens (tertiary/aromatic N) is 3. The maximum Gasteiger partial charge on any atom is 0.437 e. The number of pyridine rings is 1. The number of aromatic nitrogens is 3. The predicted octanol–water partition coefficient (Wildman–Crippen LogP) is 5.73. The minimum atomic E-state index is -4.80. The van der Waals surface area contributed by atoms with Crippen molar-refractivity contribution in [3.8, 4) is 0 Å². The number of carbonyl (C=O) groups excluding carboxylic acids is 2. The van der Waals surface area contributed by atoms with E-state index < -0.39 is 29.4 Å². The van der Waals surface area contributed by atoms with Gasteiger partial charge in [-0.3, -0.25) is 14.3 Å². The van der Waals surface area contributed by atoms with Crippen LogP contribution in [0.15, 0.2) is 48.5 Å². The van der Waals surface area contributed by atoms with Gasteiger partial charge in [-0.2, -0.15) is 18.3 Å². The molecule has 0 unspecified atom stereocenters. The van der Waals surface area contributed by atoms with Crippen LogP contribution in [0.3, 0.4) is 0 Å². The van der Waals surface area contributed by atoms with Gasteiger partial charge in [0.15, 0.2) is 5.69 Å². The molecule has 2 amide bonds. The number of amides is 2. The molecule has 3 N–H and O–H groups in total. The van der Waals surface area contributed by atoms with Crippen molar-refractivity contribution in [3.05, 3.63) is 87.9 Å². The molecule has 38 heavy (non-hydrogen) atoms. The minimum Gasteiger partial charge on any atom is -0.364 e. The number of carbonyl (C=O) groups is 2. The molecule has 0 atom stereocenters. The number of halogens is 3. The summed E-state index contributed by atoms with van der Waals surface area (Å²) in [6.45, 7) is 3.33. The first-order valence-corrected chi connectivity index (χ1v) is 12.3. The number of alkyl halides is 3. The smallest absolute Gasteiger partial charge is 0.364 e. The molecule has 1 fully saturated rings. The summed E-state index contributed by atoms with van der Waals surface area (Å²) in [7, 11) is 0. The molecule has 0 saturated heterocycles. The lowest BCUT2D eigenvalue weighted by atomic mass is 9.80. The fourth-order valence-corrected chi connectivity index (χ4v) is 4.81. The summed E-state index contributed by atoms with van der Waals surface area (Å²) < 4.78 is 43.3. The Bertz CT molecular complexity index is 1550. The first kappa shape index (κ1) is 25.4. The van der Waals surface area contributed by atoms with Gasteiger partial charge in [-0.05, 0) is 61.4 Å². The molecule has 5 rings (SSSR count). The highest BCUT2D eigenvalue weighted by molar-refractivity contribution is 6.14. The molecule has 2 aromatic heterocycles. The molecule has 10 heteroatoms. The van der Waals surface area contributed by atoms with Crippen LogP contribution in [0.5, 0.6) is 0 Å². The Morgan fingerprint density at radius 2 is 1.82 bits per heavy atom.